The number of hydrogen-bond donors (Lipinski definition) is 2. The Morgan fingerprint density at radius 1 is 1.03 bits per heavy atom. The van der Waals surface area contributed by atoms with Gasteiger partial charge < -0.3 is 15.1 Å². The molecule has 6 rings (SSSR count). The molecule has 5 heterocycles. The molecule has 312 valence electrons. The van der Waals surface area contributed by atoms with E-state index in [9.17, 15) is 45.5 Å². The summed E-state index contributed by atoms with van der Waals surface area (Å²) in [5.74, 6) is -2.28. The van der Waals surface area contributed by atoms with Crippen molar-refractivity contribution in [1.82, 2.24) is 30.0 Å². The molecular weight excluding hydrogens is 793 g/mol. The number of nitriles is 1. The second-order valence-corrected chi connectivity index (χ2v) is 16.1. The average Bonchev–Trinajstić information content (AvgIpc) is 3.33. The van der Waals surface area contributed by atoms with Crippen LogP contribution < -0.4 is 15.5 Å². The van der Waals surface area contributed by atoms with Gasteiger partial charge in [0.1, 0.15) is 17.6 Å². The Bertz CT molecular complexity index is 1960. The van der Waals surface area contributed by atoms with E-state index < -0.39 is 65.4 Å². The zero-order valence-corrected chi connectivity index (χ0v) is 32.6. The van der Waals surface area contributed by atoms with Crippen LogP contribution in [-0.4, -0.2) is 110 Å². The van der Waals surface area contributed by atoms with Gasteiger partial charge in [0.15, 0.2) is 10.8 Å². The van der Waals surface area contributed by atoms with E-state index in [1.165, 1.54) is 24.4 Å². The molecule has 2 N–H and O–H groups in total. The number of carbonyl (C=O) groups excluding carboxylic acids is 4. The number of imide groups is 1. The van der Waals surface area contributed by atoms with Gasteiger partial charge in [-0.1, -0.05) is 0 Å². The minimum atomic E-state index is -4.86. The van der Waals surface area contributed by atoms with Crippen molar-refractivity contribution in [2.24, 2.45) is 5.92 Å². The quantitative estimate of drug-likeness (QED) is 0.186. The molecule has 0 radical (unpaired) electrons. The largest absolute Gasteiger partial charge is 0.419 e. The average molecular weight is 836 g/mol. The van der Waals surface area contributed by atoms with Crippen LogP contribution in [0, 0.1) is 17.2 Å². The number of thiocarbonyl (C=S) groups is 1. The predicted molar refractivity (Wildman–Crippen MR) is 201 cm³/mol. The second-order valence-electron chi connectivity index (χ2n) is 15.7. The molecule has 2 aromatic heterocycles. The van der Waals surface area contributed by atoms with E-state index in [4.69, 9.17) is 17.5 Å². The fourth-order valence-corrected chi connectivity index (χ4v) is 9.02. The van der Waals surface area contributed by atoms with Crippen LogP contribution in [0.2, 0.25) is 0 Å². The maximum atomic E-state index is 14.3. The molecule has 3 aliphatic heterocycles. The molecule has 13 nitrogen and oxygen atoms in total. The summed E-state index contributed by atoms with van der Waals surface area (Å²) in [4.78, 5) is 63.6. The van der Waals surface area contributed by atoms with Gasteiger partial charge in [-0.3, -0.25) is 39.3 Å². The van der Waals surface area contributed by atoms with E-state index in [0.717, 1.165) is 35.3 Å². The van der Waals surface area contributed by atoms with E-state index in [0.29, 0.717) is 50.5 Å². The number of pyridine rings is 2. The Kier molecular flexibility index (Phi) is 12.5. The van der Waals surface area contributed by atoms with Gasteiger partial charge in [-0.2, -0.15) is 31.6 Å². The lowest BCUT2D eigenvalue weighted by Gasteiger charge is -2.42. The van der Waals surface area contributed by atoms with Gasteiger partial charge >= 0.3 is 12.4 Å². The van der Waals surface area contributed by atoms with Gasteiger partial charge in [0.25, 0.3) is 5.91 Å². The van der Waals surface area contributed by atoms with Gasteiger partial charge in [-0.15, -0.1) is 0 Å². The van der Waals surface area contributed by atoms with Crippen LogP contribution in [0.5, 0.6) is 0 Å². The van der Waals surface area contributed by atoms with E-state index in [1.807, 2.05) is 0 Å². The van der Waals surface area contributed by atoms with E-state index >= 15 is 0 Å². The normalized spacial score (nSPS) is 24.8. The molecule has 4 amide bonds. The van der Waals surface area contributed by atoms with Crippen molar-refractivity contribution in [1.29, 1.82) is 5.26 Å². The Morgan fingerprint density at radius 3 is 2.38 bits per heavy atom. The molecule has 4 aliphatic rings. The maximum absolute atomic E-state index is 14.3. The first-order chi connectivity index (χ1) is 27.3. The van der Waals surface area contributed by atoms with Crippen LogP contribution in [0.25, 0.3) is 0 Å². The number of alkyl halides is 6. The lowest BCUT2D eigenvalue weighted by atomic mass is 9.82. The molecule has 58 heavy (non-hydrogen) atoms. The van der Waals surface area contributed by atoms with Gasteiger partial charge in [0.05, 0.1) is 47.5 Å². The summed E-state index contributed by atoms with van der Waals surface area (Å²) >= 11 is 5.67. The SMILES string of the molecule is CC1(C)C(=O)N(c2cnc(C#N)c(C(F)(F)F)c2)C(=S)N1C1CCC(CCCN2CCN(CC(=O)Nc3ccc(C4CCC(=O)NC4=O)nc3)[C@@H](C(F)(F)F)C2)CC1. The Balaban J connectivity index is 0.970. The number of anilines is 2. The highest BCUT2D eigenvalue weighted by molar-refractivity contribution is 7.80. The standard InChI is InChI=1S/C38H43F6N9O4S/c1-36(2)34(57)52(25-16-27(37(39,40)41)29(17-45)47-19-25)35(58)53(36)24-8-5-22(6-9-24)4-3-13-50-14-15-51(30(20-50)38(42,43)44)21-32(55)48-23-7-11-28(46-18-23)26-10-12-31(54)49-33(26)56/h7,11,16,18-19,22,24,26,30H,3-6,8-10,12-15,20-21H2,1-2H3,(H,48,55)(H,49,54,56)/t22?,24?,26?,30-/m1/s1. The van der Waals surface area contributed by atoms with Crippen LogP contribution in [0.15, 0.2) is 30.6 Å². The van der Waals surface area contributed by atoms with Crippen LogP contribution in [0.4, 0.5) is 37.7 Å². The number of carbonyl (C=O) groups is 4. The lowest BCUT2D eigenvalue weighted by molar-refractivity contribution is -0.197. The number of amides is 4. The number of piperidine rings is 1. The lowest BCUT2D eigenvalue weighted by Crippen LogP contribution is -2.60. The van der Waals surface area contributed by atoms with Crippen LogP contribution in [0.1, 0.15) is 88.1 Å². The van der Waals surface area contributed by atoms with Crippen molar-refractivity contribution in [3.05, 3.63) is 47.5 Å². The number of hydrogen-bond acceptors (Lipinski definition) is 10. The van der Waals surface area contributed by atoms with Gasteiger partial charge in [-0.25, -0.2) is 4.98 Å². The molecule has 0 bridgehead atoms. The fourth-order valence-electron chi connectivity index (χ4n) is 8.45. The Labute approximate surface area is 336 Å². The van der Waals surface area contributed by atoms with Crippen LogP contribution in [0.3, 0.4) is 0 Å². The molecule has 0 spiro atoms. The first-order valence-corrected chi connectivity index (χ1v) is 19.5. The van der Waals surface area contributed by atoms with Gasteiger partial charge in [0, 0.05) is 32.1 Å². The highest BCUT2D eigenvalue weighted by atomic mass is 32.1. The number of halogens is 6. The monoisotopic (exact) mass is 835 g/mol. The maximum Gasteiger partial charge on any atom is 0.419 e. The summed E-state index contributed by atoms with van der Waals surface area (Å²) in [5, 5.41) is 14.0. The minimum Gasteiger partial charge on any atom is -0.331 e. The third-order valence-electron chi connectivity index (χ3n) is 11.5. The second kappa shape index (κ2) is 16.9. The topological polar surface area (TPSA) is 155 Å². The van der Waals surface area contributed by atoms with E-state index in [1.54, 1.807) is 23.6 Å². The molecule has 1 aliphatic carbocycles. The highest BCUT2D eigenvalue weighted by Crippen LogP contribution is 2.41. The molecule has 1 saturated carbocycles. The number of nitrogens with one attached hydrogen (secondary N) is 2. The number of aromatic nitrogens is 2. The molecule has 0 aromatic carbocycles. The van der Waals surface area contributed by atoms with E-state index in [2.05, 4.69) is 20.6 Å². The van der Waals surface area contributed by atoms with E-state index in [-0.39, 0.29) is 53.9 Å². The van der Waals surface area contributed by atoms with Crippen molar-refractivity contribution in [3.63, 3.8) is 0 Å². The van der Waals surface area contributed by atoms with Crippen molar-refractivity contribution in [2.45, 2.75) is 101 Å². The van der Waals surface area contributed by atoms with Gasteiger partial charge in [-0.05, 0) is 102 Å². The van der Waals surface area contributed by atoms with Crippen molar-refractivity contribution in [2.75, 3.05) is 42.9 Å². The summed E-state index contributed by atoms with van der Waals surface area (Å²) in [5.41, 5.74) is -2.70. The summed E-state index contributed by atoms with van der Waals surface area (Å²) in [6.07, 6.45) is -2.29. The minimum absolute atomic E-state index is 0.0344. The fraction of sp³-hybridized carbons (Fsp3) is 0.579. The Morgan fingerprint density at radius 2 is 1.76 bits per heavy atom. The van der Waals surface area contributed by atoms with Crippen LogP contribution >= 0.6 is 12.2 Å². The molecule has 4 fully saturated rings. The molecule has 3 saturated heterocycles. The molecule has 1 unspecified atom stereocenters. The van der Waals surface area contributed by atoms with Crippen molar-refractivity contribution in [3.8, 4) is 6.07 Å². The summed E-state index contributed by atoms with van der Waals surface area (Å²) in [6, 6.07) is 3.20. The van der Waals surface area contributed by atoms with Gasteiger partial charge in [0.2, 0.25) is 17.7 Å². The zero-order chi connectivity index (χ0) is 42.2. The summed E-state index contributed by atoms with van der Waals surface area (Å²) in [6.45, 7) is 3.40. The number of rotatable bonds is 10. The third kappa shape index (κ3) is 9.26. The predicted octanol–water partition coefficient (Wildman–Crippen LogP) is 5.13. The molecule has 20 heteroatoms. The van der Waals surface area contributed by atoms with Crippen LogP contribution in [-0.2, 0) is 25.4 Å². The number of piperazine rings is 1. The Hall–Kier alpha value is -4.74. The number of nitrogens with zero attached hydrogens (tertiary/aromatic N) is 7. The molecule has 2 atom stereocenters. The zero-order valence-electron chi connectivity index (χ0n) is 31.8. The molecule has 2 aromatic rings. The van der Waals surface area contributed by atoms with Crippen molar-refractivity contribution >= 4 is 52.3 Å². The highest BCUT2D eigenvalue weighted by Gasteiger charge is 2.53. The summed E-state index contributed by atoms with van der Waals surface area (Å²) in [7, 11) is 0. The smallest absolute Gasteiger partial charge is 0.331 e. The first kappa shape index (κ1) is 42.9. The van der Waals surface area contributed by atoms with Crippen molar-refractivity contribution < 1.29 is 45.5 Å². The third-order valence-corrected chi connectivity index (χ3v) is 11.9. The molecular formula is C38H43F6N9O4S. The summed E-state index contributed by atoms with van der Waals surface area (Å²) < 4.78 is 83.8. The first-order valence-electron chi connectivity index (χ1n) is 19.1.